The molecule has 0 saturated heterocycles. The molecule has 0 spiro atoms. The third-order valence-corrected chi connectivity index (χ3v) is 4.77. The third kappa shape index (κ3) is 3.07. The molecule has 1 unspecified atom stereocenters. The lowest BCUT2D eigenvalue weighted by molar-refractivity contribution is 0.666. The van der Waals surface area contributed by atoms with E-state index in [0.29, 0.717) is 5.02 Å². The van der Waals surface area contributed by atoms with Crippen LogP contribution in [0.3, 0.4) is 0 Å². The van der Waals surface area contributed by atoms with Gasteiger partial charge >= 0.3 is 0 Å². The van der Waals surface area contributed by atoms with Crippen LogP contribution in [0.25, 0.3) is 11.0 Å². The molecular formula is C15H15Cl2N3S. The van der Waals surface area contributed by atoms with Crippen molar-refractivity contribution < 1.29 is 0 Å². The Balaban J connectivity index is 1.97. The van der Waals surface area contributed by atoms with E-state index in [4.69, 9.17) is 23.2 Å². The third-order valence-electron chi connectivity index (χ3n) is 3.31. The minimum atomic E-state index is -0.144. The Morgan fingerprint density at radius 2 is 2.14 bits per heavy atom. The number of thiazole rings is 1. The van der Waals surface area contributed by atoms with Crippen molar-refractivity contribution in [1.29, 1.82) is 0 Å². The Kier molecular flexibility index (Phi) is 4.20. The van der Waals surface area contributed by atoms with Crippen LogP contribution in [0.15, 0.2) is 23.6 Å². The maximum Gasteiger partial charge on any atom is 0.127 e. The second-order valence-electron chi connectivity index (χ2n) is 5.00. The zero-order chi connectivity index (χ0) is 15.0. The second-order valence-corrected chi connectivity index (χ2v) is 7.04. The zero-order valence-electron chi connectivity index (χ0n) is 11.8. The molecule has 0 aliphatic heterocycles. The topological polar surface area (TPSA) is 30.7 Å². The number of nitrogens with zero attached hydrogens (tertiary/aromatic N) is 3. The molecular weight excluding hydrogens is 325 g/mol. The summed E-state index contributed by atoms with van der Waals surface area (Å²) in [6.07, 6.45) is 0.878. The molecule has 0 N–H and O–H groups in total. The highest BCUT2D eigenvalue weighted by molar-refractivity contribution is 7.09. The molecule has 0 amide bonds. The van der Waals surface area contributed by atoms with Crippen molar-refractivity contribution in [3.05, 3.63) is 45.1 Å². The van der Waals surface area contributed by atoms with Crippen molar-refractivity contribution in [3.63, 3.8) is 0 Å². The van der Waals surface area contributed by atoms with Crippen molar-refractivity contribution in [2.24, 2.45) is 0 Å². The number of hydrogen-bond donors (Lipinski definition) is 0. The molecule has 110 valence electrons. The summed E-state index contributed by atoms with van der Waals surface area (Å²) in [4.78, 5) is 9.13. The van der Waals surface area contributed by atoms with Crippen LogP contribution in [-0.2, 0) is 13.0 Å². The van der Waals surface area contributed by atoms with E-state index >= 15 is 0 Å². The largest absolute Gasteiger partial charge is 0.326 e. The van der Waals surface area contributed by atoms with Gasteiger partial charge in [-0.1, -0.05) is 11.6 Å². The van der Waals surface area contributed by atoms with Gasteiger partial charge in [-0.25, -0.2) is 9.97 Å². The van der Waals surface area contributed by atoms with E-state index < -0.39 is 0 Å². The van der Waals surface area contributed by atoms with Gasteiger partial charge in [-0.2, -0.15) is 0 Å². The first-order valence-electron chi connectivity index (χ1n) is 6.75. The summed E-state index contributed by atoms with van der Waals surface area (Å²) in [6, 6.07) is 5.77. The first-order chi connectivity index (χ1) is 10.0. The predicted octanol–water partition coefficient (Wildman–Crippen LogP) is 5.00. The van der Waals surface area contributed by atoms with Crippen LogP contribution < -0.4 is 0 Å². The lowest BCUT2D eigenvalue weighted by Crippen LogP contribution is -2.06. The normalized spacial score (nSPS) is 13.0. The molecule has 0 bridgehead atoms. The van der Waals surface area contributed by atoms with Crippen LogP contribution in [0.2, 0.25) is 5.02 Å². The van der Waals surface area contributed by atoms with Gasteiger partial charge in [0.1, 0.15) is 5.82 Å². The number of aromatic nitrogens is 3. The summed E-state index contributed by atoms with van der Waals surface area (Å²) in [5.41, 5.74) is 3.03. The van der Waals surface area contributed by atoms with Crippen LogP contribution in [0.5, 0.6) is 0 Å². The number of halogens is 2. The fourth-order valence-electron chi connectivity index (χ4n) is 2.39. The van der Waals surface area contributed by atoms with Crippen molar-refractivity contribution >= 4 is 45.6 Å². The van der Waals surface area contributed by atoms with E-state index in [1.54, 1.807) is 11.3 Å². The SMILES string of the molecule is Cc1csc(CCn2c(C(C)Cl)nc3cc(Cl)ccc32)n1. The highest BCUT2D eigenvalue weighted by Crippen LogP contribution is 2.27. The summed E-state index contributed by atoms with van der Waals surface area (Å²) in [6.45, 7) is 4.77. The van der Waals surface area contributed by atoms with Crippen LogP contribution >= 0.6 is 34.5 Å². The molecule has 1 aromatic carbocycles. The Labute approximate surface area is 137 Å². The van der Waals surface area contributed by atoms with Gasteiger partial charge in [0.25, 0.3) is 0 Å². The van der Waals surface area contributed by atoms with E-state index in [1.165, 1.54) is 0 Å². The van der Waals surface area contributed by atoms with Gasteiger partial charge in [0.2, 0.25) is 0 Å². The number of alkyl halides is 1. The van der Waals surface area contributed by atoms with Crippen LogP contribution in [0.1, 0.15) is 28.8 Å². The van der Waals surface area contributed by atoms with Crippen LogP contribution in [-0.4, -0.2) is 14.5 Å². The van der Waals surface area contributed by atoms with Crippen molar-refractivity contribution in [2.75, 3.05) is 0 Å². The molecule has 0 fully saturated rings. The van der Waals surface area contributed by atoms with Gasteiger partial charge in [-0.3, -0.25) is 0 Å². The van der Waals surface area contributed by atoms with E-state index in [2.05, 4.69) is 19.9 Å². The Bertz CT molecular complexity index is 776. The number of fused-ring (bicyclic) bond motifs is 1. The maximum atomic E-state index is 6.28. The molecule has 3 aromatic rings. The predicted molar refractivity (Wildman–Crippen MR) is 89.6 cm³/mol. The maximum absolute atomic E-state index is 6.28. The van der Waals surface area contributed by atoms with Crippen molar-refractivity contribution in [2.45, 2.75) is 32.2 Å². The first-order valence-corrected chi connectivity index (χ1v) is 8.45. The average Bonchev–Trinajstić information content (AvgIpc) is 2.99. The van der Waals surface area contributed by atoms with Gasteiger partial charge in [0.15, 0.2) is 0 Å². The molecule has 0 aliphatic carbocycles. The smallest absolute Gasteiger partial charge is 0.127 e. The molecule has 0 aliphatic rings. The summed E-state index contributed by atoms with van der Waals surface area (Å²) in [5, 5.41) is 3.76. The highest BCUT2D eigenvalue weighted by atomic mass is 35.5. The van der Waals surface area contributed by atoms with Crippen LogP contribution in [0.4, 0.5) is 0 Å². The zero-order valence-corrected chi connectivity index (χ0v) is 14.1. The van der Waals surface area contributed by atoms with Gasteiger partial charge in [-0.15, -0.1) is 22.9 Å². The molecule has 6 heteroatoms. The second kappa shape index (κ2) is 5.95. The minimum absolute atomic E-state index is 0.144. The number of imidazole rings is 1. The van der Waals surface area contributed by atoms with Gasteiger partial charge in [0, 0.05) is 29.1 Å². The molecule has 3 nitrogen and oxygen atoms in total. The number of rotatable bonds is 4. The number of hydrogen-bond acceptors (Lipinski definition) is 3. The Morgan fingerprint density at radius 1 is 1.33 bits per heavy atom. The highest BCUT2D eigenvalue weighted by Gasteiger charge is 2.15. The lowest BCUT2D eigenvalue weighted by Gasteiger charge is -2.09. The Hall–Kier alpha value is -1.10. The average molecular weight is 340 g/mol. The molecule has 21 heavy (non-hydrogen) atoms. The molecule has 1 atom stereocenters. The molecule has 0 saturated carbocycles. The molecule has 0 radical (unpaired) electrons. The Morgan fingerprint density at radius 3 is 2.81 bits per heavy atom. The first kappa shape index (κ1) is 14.8. The van der Waals surface area contributed by atoms with E-state index in [-0.39, 0.29) is 5.38 Å². The van der Waals surface area contributed by atoms with Crippen molar-refractivity contribution in [1.82, 2.24) is 14.5 Å². The molecule has 2 aromatic heterocycles. The van der Waals surface area contributed by atoms with Gasteiger partial charge in [-0.05, 0) is 32.0 Å². The lowest BCUT2D eigenvalue weighted by atomic mass is 10.3. The van der Waals surface area contributed by atoms with Crippen molar-refractivity contribution in [3.8, 4) is 0 Å². The summed E-state index contributed by atoms with van der Waals surface area (Å²) < 4.78 is 2.17. The fraction of sp³-hybridized carbons (Fsp3) is 0.333. The summed E-state index contributed by atoms with van der Waals surface area (Å²) in [7, 11) is 0. The summed E-state index contributed by atoms with van der Waals surface area (Å²) in [5.74, 6) is 0.877. The van der Waals surface area contributed by atoms with Gasteiger partial charge < -0.3 is 4.57 Å². The fourth-order valence-corrected chi connectivity index (χ4v) is 3.48. The number of benzene rings is 1. The van der Waals surface area contributed by atoms with E-state index in [9.17, 15) is 0 Å². The van der Waals surface area contributed by atoms with E-state index in [1.807, 2.05) is 32.0 Å². The van der Waals surface area contributed by atoms with E-state index in [0.717, 1.165) is 40.5 Å². The number of aryl methyl sites for hydroxylation is 3. The standard InChI is InChI=1S/C15H15Cl2N3S/c1-9-8-21-14(18-9)5-6-20-13-4-3-11(17)7-12(13)19-15(20)10(2)16/h3-4,7-8,10H,5-6H2,1-2H3. The summed E-state index contributed by atoms with van der Waals surface area (Å²) >= 11 is 14.0. The minimum Gasteiger partial charge on any atom is -0.326 e. The molecule has 3 rings (SSSR count). The monoisotopic (exact) mass is 339 g/mol. The quantitative estimate of drug-likeness (QED) is 0.626. The molecule has 2 heterocycles. The van der Waals surface area contributed by atoms with Gasteiger partial charge in [0.05, 0.1) is 21.4 Å². The van der Waals surface area contributed by atoms with Crippen LogP contribution in [0, 0.1) is 6.92 Å².